The molecule has 0 bridgehead atoms. The first kappa shape index (κ1) is 34.1. The van der Waals surface area contributed by atoms with Crippen molar-refractivity contribution in [2.75, 3.05) is 39.3 Å². The van der Waals surface area contributed by atoms with E-state index in [1.54, 1.807) is 12.1 Å². The van der Waals surface area contributed by atoms with Crippen molar-refractivity contribution >= 4 is 57.7 Å². The second-order valence-corrected chi connectivity index (χ2v) is 13.7. The molecule has 10 heteroatoms. The summed E-state index contributed by atoms with van der Waals surface area (Å²) in [5, 5.41) is 11.5. The zero-order valence-corrected chi connectivity index (χ0v) is 29.0. The maximum Gasteiger partial charge on any atom is 0.204 e. The Morgan fingerprint density at radius 3 is 2.33 bits per heavy atom. The molecule has 248 valence electrons. The van der Waals surface area contributed by atoms with Gasteiger partial charge in [0.2, 0.25) is 5.96 Å². The molecule has 48 heavy (non-hydrogen) atoms. The highest BCUT2D eigenvalue weighted by Crippen LogP contribution is 2.25. The molecule has 6 rings (SSSR count). The van der Waals surface area contributed by atoms with Crippen LogP contribution in [0.25, 0.3) is 10.9 Å². The molecule has 1 aliphatic rings. The third-order valence-electron chi connectivity index (χ3n) is 8.77. The van der Waals surface area contributed by atoms with Gasteiger partial charge in [0.05, 0.1) is 6.54 Å². The summed E-state index contributed by atoms with van der Waals surface area (Å²) in [5.74, 6) is 0.395. The van der Waals surface area contributed by atoms with Crippen LogP contribution in [0, 0.1) is 11.2 Å². The van der Waals surface area contributed by atoms with Gasteiger partial charge in [0.15, 0.2) is 0 Å². The molecule has 0 radical (unpaired) electrons. The number of hydrogen-bond donors (Lipinski definition) is 3. The second-order valence-electron chi connectivity index (χ2n) is 12.0. The number of H-pyrrole nitrogens is 1. The van der Waals surface area contributed by atoms with Gasteiger partial charge in [-0.25, -0.2) is 4.39 Å². The average molecular weight is 702 g/mol. The smallest absolute Gasteiger partial charge is 0.204 e. The number of aromatic amines is 1. The molecule has 6 nitrogen and oxygen atoms in total. The van der Waals surface area contributed by atoms with Gasteiger partial charge in [-0.15, -0.1) is 0 Å². The number of fused-ring (bicyclic) bond motifs is 1. The van der Waals surface area contributed by atoms with Crippen molar-refractivity contribution in [3.63, 3.8) is 0 Å². The van der Waals surface area contributed by atoms with Crippen molar-refractivity contribution in [2.45, 2.75) is 30.1 Å². The van der Waals surface area contributed by atoms with Crippen LogP contribution < -0.4 is 4.72 Å². The minimum Gasteiger partial charge on any atom is -0.361 e. The number of unbranched alkanes of at least 4 members (excludes halogenated alkanes) is 1. The Bertz CT molecular complexity index is 1820. The van der Waals surface area contributed by atoms with E-state index in [0.717, 1.165) is 84.9 Å². The average Bonchev–Trinajstić information content (AvgIpc) is 3.51. The maximum atomic E-state index is 13.8. The number of halogens is 3. The molecular formula is C38H39Cl2FN6S. The number of piperazine rings is 1. The predicted molar refractivity (Wildman–Crippen MR) is 199 cm³/mol. The lowest BCUT2D eigenvalue weighted by atomic mass is 9.90. The molecule has 4 aromatic carbocycles. The van der Waals surface area contributed by atoms with E-state index in [2.05, 4.69) is 31.6 Å². The number of benzene rings is 4. The summed E-state index contributed by atoms with van der Waals surface area (Å²) < 4.78 is 17.3. The van der Waals surface area contributed by atoms with E-state index in [-0.39, 0.29) is 11.7 Å². The molecule has 1 aromatic heterocycles. The number of aryl methyl sites for hydroxylation is 1. The van der Waals surface area contributed by atoms with Crippen LogP contribution in [0.15, 0.2) is 113 Å². The van der Waals surface area contributed by atoms with Gasteiger partial charge in [-0.3, -0.25) is 14.6 Å². The summed E-state index contributed by atoms with van der Waals surface area (Å²) >= 11 is 13.8. The van der Waals surface area contributed by atoms with Gasteiger partial charge in [-0.2, -0.15) is 0 Å². The minimum atomic E-state index is -0.223. The van der Waals surface area contributed by atoms with E-state index in [1.165, 1.54) is 23.6 Å². The fraction of sp³-hybridized carbons (Fsp3) is 0.263. The molecule has 1 aliphatic heterocycles. The molecule has 5 aromatic rings. The number of aromatic nitrogens is 1. The van der Waals surface area contributed by atoms with Gasteiger partial charge in [-0.1, -0.05) is 65.7 Å². The summed E-state index contributed by atoms with van der Waals surface area (Å²) in [4.78, 5) is 14.3. The Morgan fingerprint density at radius 1 is 0.896 bits per heavy atom. The van der Waals surface area contributed by atoms with Crippen molar-refractivity contribution < 1.29 is 4.39 Å². The number of nitrogens with one attached hydrogen (secondary N) is 3. The topological polar surface area (TPSA) is 70.5 Å². The normalized spacial score (nSPS) is 14.7. The van der Waals surface area contributed by atoms with E-state index in [0.29, 0.717) is 22.3 Å². The molecule has 3 N–H and O–H groups in total. The summed E-state index contributed by atoms with van der Waals surface area (Å²) in [5.41, 5.74) is 4.55. The van der Waals surface area contributed by atoms with E-state index in [1.807, 2.05) is 72.9 Å². The predicted octanol–water partition coefficient (Wildman–Crippen LogP) is 9.06. The highest BCUT2D eigenvalue weighted by Gasteiger charge is 2.23. The quantitative estimate of drug-likeness (QED) is 0.0526. The zero-order valence-electron chi connectivity index (χ0n) is 26.6. The van der Waals surface area contributed by atoms with Crippen LogP contribution in [-0.2, 0) is 6.42 Å². The SMILES string of the molecule is N=C(c1ccc(Cl)cc1)C(CN=C(NSc1ccc(Cl)cc1)N1CCN(CCCCc2c[nH]c3ccc(F)cc23)CC1)c1ccccc1. The highest BCUT2D eigenvalue weighted by molar-refractivity contribution is 7.98. The van der Waals surface area contributed by atoms with Gasteiger partial charge >= 0.3 is 0 Å². The largest absolute Gasteiger partial charge is 0.361 e. The number of aliphatic imine (C=N–C) groups is 1. The van der Waals surface area contributed by atoms with Crippen molar-refractivity contribution in [3.05, 3.63) is 136 Å². The van der Waals surface area contributed by atoms with Crippen LogP contribution in [0.5, 0.6) is 0 Å². The number of guanidine groups is 1. The molecule has 2 heterocycles. The first-order valence-corrected chi connectivity index (χ1v) is 17.9. The summed E-state index contributed by atoms with van der Waals surface area (Å²) in [6, 6.07) is 30.3. The van der Waals surface area contributed by atoms with Gasteiger partial charge in [0.1, 0.15) is 5.82 Å². The van der Waals surface area contributed by atoms with E-state index < -0.39 is 0 Å². The van der Waals surface area contributed by atoms with Crippen LogP contribution in [0.1, 0.15) is 35.4 Å². The van der Waals surface area contributed by atoms with Crippen molar-refractivity contribution in [2.24, 2.45) is 4.99 Å². The molecule has 1 atom stereocenters. The fourth-order valence-electron chi connectivity index (χ4n) is 6.05. The molecule has 1 fully saturated rings. The first-order valence-electron chi connectivity index (χ1n) is 16.3. The molecule has 0 saturated carbocycles. The van der Waals surface area contributed by atoms with Crippen molar-refractivity contribution in [1.29, 1.82) is 5.41 Å². The standard InChI is InChI=1S/C38H39Cl2FN6S/c39-30-11-9-28(10-12-30)37(42)35(27-6-2-1-3-7-27)26-44-38(45-48-33-16-13-31(40)14-17-33)47-22-20-46(21-23-47)19-5-4-8-29-25-43-36-18-15-32(41)24-34(29)36/h1-3,6-7,9-18,24-25,35,42-43H,4-5,8,19-23,26H2,(H,44,45). The molecule has 1 saturated heterocycles. The van der Waals surface area contributed by atoms with Gasteiger partial charge in [0.25, 0.3) is 0 Å². The molecule has 0 aliphatic carbocycles. The summed E-state index contributed by atoms with van der Waals surface area (Å²) in [7, 11) is 0. The molecule has 1 unspecified atom stereocenters. The fourth-order valence-corrected chi connectivity index (χ4v) is 6.98. The Balaban J connectivity index is 1.10. The minimum absolute atomic E-state index is 0.194. The Morgan fingerprint density at radius 2 is 1.60 bits per heavy atom. The lowest BCUT2D eigenvalue weighted by molar-refractivity contribution is 0.178. The van der Waals surface area contributed by atoms with Gasteiger partial charge in [0, 0.05) is 69.8 Å². The van der Waals surface area contributed by atoms with Crippen LogP contribution in [-0.4, -0.2) is 65.7 Å². The van der Waals surface area contributed by atoms with Crippen molar-refractivity contribution in [3.8, 4) is 0 Å². The third-order valence-corrected chi connectivity index (χ3v) is 10.1. The second kappa shape index (κ2) is 16.5. The monoisotopic (exact) mass is 700 g/mol. The number of rotatable bonds is 12. The van der Waals surface area contributed by atoms with Crippen LogP contribution in [0.3, 0.4) is 0 Å². The lowest BCUT2D eigenvalue weighted by Crippen LogP contribution is -2.51. The lowest BCUT2D eigenvalue weighted by Gasteiger charge is -2.36. The van der Waals surface area contributed by atoms with Gasteiger partial charge in [-0.05, 0) is 109 Å². The Kier molecular flexibility index (Phi) is 11.7. The van der Waals surface area contributed by atoms with Gasteiger partial charge < -0.3 is 15.3 Å². The van der Waals surface area contributed by atoms with Crippen LogP contribution in [0.4, 0.5) is 4.39 Å². The molecule has 0 spiro atoms. The number of hydrogen-bond acceptors (Lipinski definition) is 4. The van der Waals surface area contributed by atoms with E-state index >= 15 is 0 Å². The molecular weight excluding hydrogens is 662 g/mol. The first-order chi connectivity index (χ1) is 23.4. The summed E-state index contributed by atoms with van der Waals surface area (Å²) in [6.07, 6.45) is 5.08. The maximum absolute atomic E-state index is 13.8. The van der Waals surface area contributed by atoms with Crippen molar-refractivity contribution in [1.82, 2.24) is 19.5 Å². The third kappa shape index (κ3) is 8.99. The van der Waals surface area contributed by atoms with E-state index in [4.69, 9.17) is 33.6 Å². The Hall–Kier alpha value is -3.82. The van der Waals surface area contributed by atoms with Crippen LogP contribution >= 0.6 is 35.1 Å². The highest BCUT2D eigenvalue weighted by atomic mass is 35.5. The number of nitrogens with zero attached hydrogens (tertiary/aromatic N) is 3. The zero-order chi connectivity index (χ0) is 33.3. The Labute approximate surface area is 296 Å². The molecule has 0 amide bonds. The van der Waals surface area contributed by atoms with Crippen LogP contribution in [0.2, 0.25) is 10.0 Å². The summed E-state index contributed by atoms with van der Waals surface area (Å²) in [6.45, 7) is 5.02. The van der Waals surface area contributed by atoms with E-state index in [9.17, 15) is 4.39 Å².